The number of phenols is 4. The minimum Gasteiger partial charge on any atom is -0.508 e. The molecule has 6 rings (SSSR count). The summed E-state index contributed by atoms with van der Waals surface area (Å²) in [6, 6.07) is 6.36. The molecule has 10 nitrogen and oxygen atoms in total. The van der Waals surface area contributed by atoms with Crippen LogP contribution in [0.15, 0.2) is 24.3 Å². The topological polar surface area (TPSA) is 186 Å². The van der Waals surface area contributed by atoms with Gasteiger partial charge in [-0.05, 0) is 86.5 Å². The standard InChI is InChI=1S/C38H58N2O8/c1-5-7-15-25-17-11-9-13-23(3)36(48-38(40)46)28-21-31(43)34(32(44)22-28)26(16-8-6-2)18-12-10-14-24(4)35(47-37(39)45)27-19-29(41)33(25)30(42)20-27/h19-26,35-36,41-44H,5-18H2,1-4H3,(H2,39,45)(H2,40,46). The number of carbonyl (C=O) groups is 2. The number of nitrogens with two attached hydrogens (primary N) is 2. The molecule has 6 atom stereocenters. The molecule has 268 valence electrons. The Morgan fingerprint density at radius 1 is 0.625 bits per heavy atom. The van der Waals surface area contributed by atoms with Gasteiger partial charge in [-0.15, -0.1) is 0 Å². The molecule has 4 aliphatic carbocycles. The molecule has 0 radical (unpaired) electrons. The van der Waals surface area contributed by atoms with Crippen molar-refractivity contribution in [1.29, 1.82) is 0 Å². The Labute approximate surface area is 285 Å². The summed E-state index contributed by atoms with van der Waals surface area (Å²) in [4.78, 5) is 23.9. The molecule has 8 N–H and O–H groups in total. The van der Waals surface area contributed by atoms with Crippen molar-refractivity contribution < 1.29 is 39.5 Å². The molecule has 4 aliphatic rings. The molecule has 0 fully saturated rings. The van der Waals surface area contributed by atoms with Crippen molar-refractivity contribution >= 4 is 12.2 Å². The number of primary amides is 2. The molecule has 2 aromatic rings. The van der Waals surface area contributed by atoms with Crippen molar-refractivity contribution in [2.75, 3.05) is 0 Å². The van der Waals surface area contributed by atoms with E-state index < -0.39 is 24.4 Å². The second kappa shape index (κ2) is 18.7. The molecule has 0 aromatic heterocycles. The van der Waals surface area contributed by atoms with E-state index >= 15 is 0 Å². The summed E-state index contributed by atoms with van der Waals surface area (Å²) >= 11 is 0. The number of carbonyl (C=O) groups excluding carboxylic acids is 2. The maximum Gasteiger partial charge on any atom is 0.405 e. The second-order valence-corrected chi connectivity index (χ2v) is 13.9. The highest BCUT2D eigenvalue weighted by Gasteiger charge is 2.30. The predicted molar refractivity (Wildman–Crippen MR) is 186 cm³/mol. The third kappa shape index (κ3) is 10.6. The van der Waals surface area contributed by atoms with E-state index in [9.17, 15) is 30.0 Å². The van der Waals surface area contributed by atoms with Gasteiger partial charge in [0.2, 0.25) is 0 Å². The predicted octanol–water partition coefficient (Wildman–Crippen LogP) is 9.44. The molecule has 4 bridgehead atoms. The number of hydrogen-bond acceptors (Lipinski definition) is 8. The monoisotopic (exact) mass is 670 g/mol. The summed E-state index contributed by atoms with van der Waals surface area (Å²) in [7, 11) is 0. The third-order valence-corrected chi connectivity index (χ3v) is 10.0. The second-order valence-electron chi connectivity index (χ2n) is 13.9. The van der Waals surface area contributed by atoms with E-state index in [1.165, 1.54) is 0 Å². The van der Waals surface area contributed by atoms with Crippen LogP contribution in [0.2, 0.25) is 0 Å². The smallest absolute Gasteiger partial charge is 0.405 e. The normalized spacial score (nSPS) is 24.3. The van der Waals surface area contributed by atoms with E-state index in [0.717, 1.165) is 64.2 Å². The molecule has 0 aliphatic heterocycles. The minimum absolute atomic E-state index is 0.0248. The average molecular weight is 671 g/mol. The molecule has 0 spiro atoms. The number of aromatic hydroxyl groups is 4. The van der Waals surface area contributed by atoms with Gasteiger partial charge in [-0.3, -0.25) is 0 Å². The van der Waals surface area contributed by atoms with Crippen LogP contribution in [0.1, 0.15) is 164 Å². The van der Waals surface area contributed by atoms with Gasteiger partial charge in [0.15, 0.2) is 0 Å². The minimum atomic E-state index is -0.927. The number of hydrogen-bond donors (Lipinski definition) is 6. The Morgan fingerprint density at radius 2 is 0.938 bits per heavy atom. The van der Waals surface area contributed by atoms with Gasteiger partial charge in [0.1, 0.15) is 35.2 Å². The van der Waals surface area contributed by atoms with Crippen LogP contribution in [0.4, 0.5) is 9.59 Å². The lowest BCUT2D eigenvalue weighted by atomic mass is 9.83. The first kappa shape index (κ1) is 38.6. The van der Waals surface area contributed by atoms with E-state index in [1.54, 1.807) is 24.3 Å². The molecular formula is C38H58N2O8. The van der Waals surface area contributed by atoms with Crippen LogP contribution in [-0.4, -0.2) is 32.6 Å². The summed E-state index contributed by atoms with van der Waals surface area (Å²) in [6.07, 6.45) is 7.81. The van der Waals surface area contributed by atoms with Crippen LogP contribution in [0.5, 0.6) is 23.0 Å². The largest absolute Gasteiger partial charge is 0.508 e. The molecule has 10 heteroatoms. The fraction of sp³-hybridized carbons (Fsp3) is 0.632. The molecule has 0 heterocycles. The molecule has 6 unspecified atom stereocenters. The van der Waals surface area contributed by atoms with Crippen molar-refractivity contribution in [2.45, 2.75) is 142 Å². The van der Waals surface area contributed by atoms with E-state index in [4.69, 9.17) is 20.9 Å². The van der Waals surface area contributed by atoms with Crippen LogP contribution < -0.4 is 11.5 Å². The highest BCUT2D eigenvalue weighted by atomic mass is 16.6. The Kier molecular flexibility index (Phi) is 15.0. The van der Waals surface area contributed by atoms with Crippen LogP contribution in [0, 0.1) is 11.8 Å². The summed E-state index contributed by atoms with van der Waals surface area (Å²) in [5.74, 6) is -0.636. The van der Waals surface area contributed by atoms with Crippen LogP contribution in [-0.2, 0) is 9.47 Å². The Balaban J connectivity index is 2.04. The van der Waals surface area contributed by atoms with Gasteiger partial charge in [0.25, 0.3) is 0 Å². The van der Waals surface area contributed by atoms with Crippen LogP contribution in [0.25, 0.3) is 0 Å². The molecule has 2 amide bonds. The molecule has 48 heavy (non-hydrogen) atoms. The highest BCUT2D eigenvalue weighted by molar-refractivity contribution is 5.65. The van der Waals surface area contributed by atoms with Crippen molar-refractivity contribution in [1.82, 2.24) is 0 Å². The number of benzene rings is 2. The molecule has 0 saturated carbocycles. The summed E-state index contributed by atoms with van der Waals surface area (Å²) in [5, 5.41) is 45.1. The fourth-order valence-electron chi connectivity index (χ4n) is 7.51. The zero-order valence-corrected chi connectivity index (χ0v) is 29.2. The quantitative estimate of drug-likeness (QED) is 0.160. The first-order valence-corrected chi connectivity index (χ1v) is 17.9. The van der Waals surface area contributed by atoms with E-state index in [0.29, 0.717) is 47.9 Å². The number of ether oxygens (including phenoxy) is 2. The third-order valence-electron chi connectivity index (χ3n) is 10.0. The summed E-state index contributed by atoms with van der Waals surface area (Å²) in [5.41, 5.74) is 12.9. The van der Waals surface area contributed by atoms with Crippen molar-refractivity contribution in [2.24, 2.45) is 23.3 Å². The van der Waals surface area contributed by atoms with Gasteiger partial charge >= 0.3 is 12.2 Å². The number of unbranched alkanes of at least 4 members (excludes halogenated alkanes) is 2. The summed E-state index contributed by atoms with van der Waals surface area (Å²) < 4.78 is 11.1. The lowest BCUT2D eigenvalue weighted by Gasteiger charge is -2.28. The van der Waals surface area contributed by atoms with Gasteiger partial charge in [0, 0.05) is 22.3 Å². The molecule has 0 saturated heterocycles. The zero-order chi connectivity index (χ0) is 35.4. The van der Waals surface area contributed by atoms with Crippen molar-refractivity contribution in [3.05, 3.63) is 46.5 Å². The van der Waals surface area contributed by atoms with Gasteiger partial charge in [-0.2, -0.15) is 0 Å². The fourth-order valence-corrected chi connectivity index (χ4v) is 7.51. The van der Waals surface area contributed by atoms with Gasteiger partial charge in [0.05, 0.1) is 0 Å². The van der Waals surface area contributed by atoms with Crippen molar-refractivity contribution in [3.63, 3.8) is 0 Å². The van der Waals surface area contributed by atoms with Gasteiger partial charge < -0.3 is 41.4 Å². The lowest BCUT2D eigenvalue weighted by molar-refractivity contribution is 0.0683. The number of rotatable bonds is 8. The SMILES string of the molecule is CCCCC1CCCCC(C)C(OC(N)=O)c2cc(O)c(c(O)c2)C(CCCC)CCCCC(C)C(OC(N)=O)c2cc(O)c1c(O)c2. The maximum absolute atomic E-state index is 12.0. The average Bonchev–Trinajstić information content (AvgIpc) is 3.01. The lowest BCUT2D eigenvalue weighted by Crippen LogP contribution is -2.22. The Hall–Kier alpha value is -3.82. The first-order valence-electron chi connectivity index (χ1n) is 17.9. The number of amides is 2. The first-order chi connectivity index (χ1) is 22.9. The number of phenolic OH excluding ortho intramolecular Hbond substituents is 4. The summed E-state index contributed by atoms with van der Waals surface area (Å²) in [6.45, 7) is 8.10. The Bertz CT molecular complexity index is 1200. The van der Waals surface area contributed by atoms with E-state index in [-0.39, 0.29) is 46.7 Å². The van der Waals surface area contributed by atoms with E-state index in [1.807, 2.05) is 13.8 Å². The van der Waals surface area contributed by atoms with Crippen LogP contribution in [0.3, 0.4) is 0 Å². The molecular weight excluding hydrogens is 612 g/mol. The Morgan fingerprint density at radius 3 is 1.23 bits per heavy atom. The van der Waals surface area contributed by atoms with Crippen LogP contribution >= 0.6 is 0 Å². The molecule has 2 aromatic carbocycles. The van der Waals surface area contributed by atoms with Gasteiger partial charge in [-0.25, -0.2) is 9.59 Å². The van der Waals surface area contributed by atoms with E-state index in [2.05, 4.69) is 13.8 Å². The van der Waals surface area contributed by atoms with Crippen molar-refractivity contribution in [3.8, 4) is 23.0 Å². The zero-order valence-electron chi connectivity index (χ0n) is 29.2. The van der Waals surface area contributed by atoms with Gasteiger partial charge in [-0.1, -0.05) is 79.1 Å². The maximum atomic E-state index is 12.0. The highest BCUT2D eigenvalue weighted by Crippen LogP contribution is 2.46.